The standard InChI is InChI=1S/C21H28N2O4S/c1-14-6-9-19(15(2)12-14)28(26,27)22-11-10-20(25)23-17-13-16(21(3,4)5)7-8-18(17)24/h6-9,12-13,22,24H,10-11H2,1-5H3,(H,23,25). The molecular weight excluding hydrogens is 376 g/mol. The second kappa shape index (κ2) is 8.32. The lowest BCUT2D eigenvalue weighted by Gasteiger charge is -2.20. The van der Waals surface area contributed by atoms with Gasteiger partial charge in [-0.1, -0.05) is 44.5 Å². The van der Waals surface area contributed by atoms with E-state index in [1.54, 1.807) is 37.3 Å². The molecule has 0 atom stereocenters. The van der Waals surface area contributed by atoms with Crippen LogP contribution in [-0.4, -0.2) is 26.0 Å². The van der Waals surface area contributed by atoms with E-state index in [0.717, 1.165) is 11.1 Å². The first-order chi connectivity index (χ1) is 12.9. The number of hydrogen-bond acceptors (Lipinski definition) is 4. The first-order valence-corrected chi connectivity index (χ1v) is 10.6. The predicted molar refractivity (Wildman–Crippen MR) is 111 cm³/mol. The van der Waals surface area contributed by atoms with E-state index in [9.17, 15) is 18.3 Å². The zero-order chi connectivity index (χ0) is 21.1. The SMILES string of the molecule is Cc1ccc(S(=O)(=O)NCCC(=O)Nc2cc(C(C)(C)C)ccc2O)c(C)c1. The lowest BCUT2D eigenvalue weighted by molar-refractivity contribution is -0.116. The molecule has 152 valence electrons. The molecule has 7 heteroatoms. The van der Waals surface area contributed by atoms with Crippen molar-refractivity contribution in [3.63, 3.8) is 0 Å². The van der Waals surface area contributed by atoms with Crippen LogP contribution in [0.5, 0.6) is 5.75 Å². The summed E-state index contributed by atoms with van der Waals surface area (Å²) in [6.07, 6.45) is -0.0523. The van der Waals surface area contributed by atoms with Crippen molar-refractivity contribution in [1.82, 2.24) is 4.72 Å². The molecule has 0 saturated heterocycles. The summed E-state index contributed by atoms with van der Waals surface area (Å²) in [5.74, 6) is -0.415. The molecule has 0 unspecified atom stereocenters. The summed E-state index contributed by atoms with van der Waals surface area (Å²) >= 11 is 0. The average molecular weight is 405 g/mol. The Labute approximate surface area is 167 Å². The monoisotopic (exact) mass is 404 g/mol. The maximum absolute atomic E-state index is 12.4. The third-order valence-corrected chi connectivity index (χ3v) is 6.02. The highest BCUT2D eigenvalue weighted by Gasteiger charge is 2.18. The number of sulfonamides is 1. The van der Waals surface area contributed by atoms with Gasteiger partial charge in [-0.2, -0.15) is 0 Å². The predicted octanol–water partition coefficient (Wildman–Crippen LogP) is 3.61. The first kappa shape index (κ1) is 21.9. The summed E-state index contributed by atoms with van der Waals surface area (Å²) < 4.78 is 27.3. The van der Waals surface area contributed by atoms with Crippen LogP contribution in [0.1, 0.15) is 43.9 Å². The Morgan fingerprint density at radius 3 is 2.36 bits per heavy atom. The number of amides is 1. The molecule has 0 bridgehead atoms. The molecule has 0 heterocycles. The van der Waals surface area contributed by atoms with Crippen molar-refractivity contribution in [2.24, 2.45) is 0 Å². The molecule has 0 aliphatic carbocycles. The minimum Gasteiger partial charge on any atom is -0.506 e. The van der Waals surface area contributed by atoms with Crippen LogP contribution in [0.25, 0.3) is 0 Å². The minimum absolute atomic E-state index is 0.0304. The van der Waals surface area contributed by atoms with Crippen molar-refractivity contribution in [1.29, 1.82) is 0 Å². The number of nitrogens with one attached hydrogen (secondary N) is 2. The van der Waals surface area contributed by atoms with Gasteiger partial charge in [-0.3, -0.25) is 4.79 Å². The van der Waals surface area contributed by atoms with Crippen LogP contribution < -0.4 is 10.0 Å². The van der Waals surface area contributed by atoms with Crippen molar-refractivity contribution in [3.8, 4) is 5.75 Å². The third kappa shape index (κ3) is 5.56. The molecule has 0 aliphatic heterocycles. The Balaban J connectivity index is 2.00. The van der Waals surface area contributed by atoms with Crippen molar-refractivity contribution in [2.45, 2.75) is 51.3 Å². The molecule has 0 aliphatic rings. The van der Waals surface area contributed by atoms with Crippen molar-refractivity contribution >= 4 is 21.6 Å². The maximum Gasteiger partial charge on any atom is 0.240 e. The van der Waals surface area contributed by atoms with Gasteiger partial charge in [-0.25, -0.2) is 13.1 Å². The number of anilines is 1. The highest BCUT2D eigenvalue weighted by Crippen LogP contribution is 2.30. The number of benzene rings is 2. The van der Waals surface area contributed by atoms with Gasteiger partial charge < -0.3 is 10.4 Å². The number of carbonyl (C=O) groups excluding carboxylic acids is 1. The zero-order valence-corrected chi connectivity index (χ0v) is 17.8. The lowest BCUT2D eigenvalue weighted by Crippen LogP contribution is -2.28. The molecule has 1 amide bonds. The fraction of sp³-hybridized carbons (Fsp3) is 0.381. The van der Waals surface area contributed by atoms with E-state index >= 15 is 0 Å². The summed E-state index contributed by atoms with van der Waals surface area (Å²) in [4.78, 5) is 12.4. The van der Waals surface area contributed by atoms with E-state index in [4.69, 9.17) is 0 Å². The van der Waals surface area contributed by atoms with Crippen LogP contribution in [0, 0.1) is 13.8 Å². The van der Waals surface area contributed by atoms with Crippen molar-refractivity contribution < 1.29 is 18.3 Å². The molecule has 0 radical (unpaired) electrons. The van der Waals surface area contributed by atoms with E-state index in [0.29, 0.717) is 11.3 Å². The van der Waals surface area contributed by atoms with Crippen molar-refractivity contribution in [2.75, 3.05) is 11.9 Å². The molecule has 0 spiro atoms. The van der Waals surface area contributed by atoms with Gasteiger partial charge in [0.15, 0.2) is 0 Å². The molecular formula is C21H28N2O4S. The highest BCUT2D eigenvalue weighted by atomic mass is 32.2. The molecule has 0 fully saturated rings. The van der Waals surface area contributed by atoms with Gasteiger partial charge >= 0.3 is 0 Å². The second-order valence-electron chi connectivity index (χ2n) is 7.95. The Kier molecular flexibility index (Phi) is 6.52. The molecule has 0 aromatic heterocycles. The summed E-state index contributed by atoms with van der Waals surface area (Å²) in [5.41, 5.74) is 2.79. The van der Waals surface area contributed by atoms with Gasteiger partial charge in [0.1, 0.15) is 5.75 Å². The molecule has 6 nitrogen and oxygen atoms in total. The van der Waals surface area contributed by atoms with E-state index in [1.165, 1.54) is 0 Å². The van der Waals surface area contributed by atoms with Gasteiger partial charge in [0.25, 0.3) is 0 Å². The van der Waals surface area contributed by atoms with Crippen molar-refractivity contribution in [3.05, 3.63) is 53.1 Å². The number of aryl methyl sites for hydroxylation is 2. The van der Waals surface area contributed by atoms with Crippen LogP contribution in [0.15, 0.2) is 41.3 Å². The minimum atomic E-state index is -3.69. The smallest absolute Gasteiger partial charge is 0.240 e. The van der Waals surface area contributed by atoms with Gasteiger partial charge in [-0.05, 0) is 48.6 Å². The molecule has 28 heavy (non-hydrogen) atoms. The maximum atomic E-state index is 12.4. The van der Waals surface area contributed by atoms with E-state index in [2.05, 4.69) is 10.0 Å². The summed E-state index contributed by atoms with van der Waals surface area (Å²) in [6.45, 7) is 9.69. The summed E-state index contributed by atoms with van der Waals surface area (Å²) in [5, 5.41) is 12.6. The highest BCUT2D eigenvalue weighted by molar-refractivity contribution is 7.89. The van der Waals surface area contributed by atoms with Gasteiger partial charge in [-0.15, -0.1) is 0 Å². The van der Waals surface area contributed by atoms with Crippen LogP contribution >= 0.6 is 0 Å². The Morgan fingerprint density at radius 1 is 1.07 bits per heavy atom. The molecule has 2 rings (SSSR count). The summed E-state index contributed by atoms with van der Waals surface area (Å²) in [6, 6.07) is 10.2. The number of rotatable bonds is 6. The molecule has 0 saturated carbocycles. The topological polar surface area (TPSA) is 95.5 Å². The normalized spacial score (nSPS) is 12.0. The zero-order valence-electron chi connectivity index (χ0n) is 17.0. The second-order valence-corrected chi connectivity index (χ2v) is 9.68. The molecule has 3 N–H and O–H groups in total. The van der Waals surface area contributed by atoms with Gasteiger partial charge in [0.2, 0.25) is 15.9 Å². The molecule has 2 aromatic rings. The third-order valence-electron chi connectivity index (χ3n) is 4.40. The van der Waals surface area contributed by atoms with Crippen LogP contribution in [0.3, 0.4) is 0 Å². The fourth-order valence-corrected chi connectivity index (χ4v) is 4.05. The number of phenols is 1. The number of hydrogen-bond donors (Lipinski definition) is 3. The summed E-state index contributed by atoms with van der Waals surface area (Å²) in [7, 11) is -3.69. The Morgan fingerprint density at radius 2 is 1.75 bits per heavy atom. The Bertz CT molecular complexity index is 976. The fourth-order valence-electron chi connectivity index (χ4n) is 2.79. The van der Waals surface area contributed by atoms with Crippen LogP contribution in [0.2, 0.25) is 0 Å². The van der Waals surface area contributed by atoms with Gasteiger partial charge in [0, 0.05) is 13.0 Å². The molecule has 2 aromatic carbocycles. The van der Waals surface area contributed by atoms with E-state index < -0.39 is 10.0 Å². The average Bonchev–Trinajstić information content (AvgIpc) is 2.55. The largest absolute Gasteiger partial charge is 0.506 e. The number of phenolic OH excluding ortho intramolecular Hbond substituents is 1. The number of aromatic hydroxyl groups is 1. The van der Waals surface area contributed by atoms with Gasteiger partial charge in [0.05, 0.1) is 10.6 Å². The van der Waals surface area contributed by atoms with E-state index in [1.807, 2.05) is 33.8 Å². The quantitative estimate of drug-likeness (QED) is 0.641. The lowest BCUT2D eigenvalue weighted by atomic mass is 9.87. The van der Waals surface area contributed by atoms with Crippen LogP contribution in [0.4, 0.5) is 5.69 Å². The first-order valence-electron chi connectivity index (χ1n) is 9.10. The van der Waals surface area contributed by atoms with E-state index in [-0.39, 0.29) is 34.9 Å². The number of carbonyl (C=O) groups is 1. The van der Waals surface area contributed by atoms with Crippen LogP contribution in [-0.2, 0) is 20.2 Å². The Hall–Kier alpha value is -2.38.